The zero-order valence-electron chi connectivity index (χ0n) is 10.0. The van der Waals surface area contributed by atoms with Gasteiger partial charge in [0.25, 0.3) is 0 Å². The molecule has 6 nitrogen and oxygen atoms in total. The molecule has 18 heavy (non-hydrogen) atoms. The molecular formula is C12H15NO5. The first-order valence-corrected chi connectivity index (χ1v) is 5.32. The number of hydrogen-bond donors (Lipinski definition) is 1. The van der Waals surface area contributed by atoms with Crippen LogP contribution >= 0.6 is 0 Å². The number of rotatable bonds is 6. The van der Waals surface area contributed by atoms with E-state index in [0.29, 0.717) is 11.4 Å². The first-order valence-electron chi connectivity index (χ1n) is 5.32. The van der Waals surface area contributed by atoms with E-state index in [2.05, 4.69) is 4.74 Å². The van der Waals surface area contributed by atoms with E-state index in [0.717, 1.165) is 0 Å². The molecule has 0 spiro atoms. The molecule has 0 amide bonds. The highest BCUT2D eigenvalue weighted by Gasteiger charge is 2.06. The Hall–Kier alpha value is -2.24. The van der Waals surface area contributed by atoms with Crippen LogP contribution in [0.3, 0.4) is 0 Å². The van der Waals surface area contributed by atoms with Crippen molar-refractivity contribution in [2.45, 2.75) is 6.42 Å². The maximum Gasteiger partial charge on any atom is 0.344 e. The molecule has 0 bridgehead atoms. The van der Waals surface area contributed by atoms with Gasteiger partial charge in [-0.25, -0.2) is 4.79 Å². The smallest absolute Gasteiger partial charge is 0.344 e. The zero-order valence-corrected chi connectivity index (χ0v) is 10.0. The maximum absolute atomic E-state index is 11.2. The van der Waals surface area contributed by atoms with Gasteiger partial charge in [0.15, 0.2) is 6.61 Å². The second kappa shape index (κ2) is 7.16. The van der Waals surface area contributed by atoms with Crippen molar-refractivity contribution in [3.8, 4) is 5.75 Å². The summed E-state index contributed by atoms with van der Waals surface area (Å²) in [6, 6.07) is 6.63. The summed E-state index contributed by atoms with van der Waals surface area (Å²) in [6.45, 7) is -0.234. The molecule has 0 aromatic heterocycles. The Morgan fingerprint density at radius 3 is 2.44 bits per heavy atom. The third-order valence-electron chi connectivity index (χ3n) is 2.03. The van der Waals surface area contributed by atoms with Crippen LogP contribution < -0.4 is 10.5 Å². The van der Waals surface area contributed by atoms with Crippen LogP contribution in [0, 0.1) is 0 Å². The van der Waals surface area contributed by atoms with Gasteiger partial charge in [-0.3, -0.25) is 4.79 Å². The molecule has 0 aliphatic carbocycles. The van der Waals surface area contributed by atoms with Crippen LogP contribution in [0.5, 0.6) is 5.75 Å². The summed E-state index contributed by atoms with van der Waals surface area (Å²) in [7, 11) is 1.27. The van der Waals surface area contributed by atoms with E-state index in [1.807, 2.05) is 0 Å². The van der Waals surface area contributed by atoms with Crippen LogP contribution in [0.4, 0.5) is 5.69 Å². The van der Waals surface area contributed by atoms with Crippen molar-refractivity contribution in [3.05, 3.63) is 24.3 Å². The monoisotopic (exact) mass is 253 g/mol. The van der Waals surface area contributed by atoms with E-state index in [-0.39, 0.29) is 19.6 Å². The lowest BCUT2D eigenvalue weighted by Crippen LogP contribution is -2.17. The van der Waals surface area contributed by atoms with E-state index in [1.165, 1.54) is 7.11 Å². The summed E-state index contributed by atoms with van der Waals surface area (Å²) in [6.07, 6.45) is 0.0319. The number of benzene rings is 1. The Bertz CT molecular complexity index is 401. The number of esters is 2. The minimum atomic E-state index is -0.546. The van der Waals surface area contributed by atoms with Gasteiger partial charge in [-0.1, -0.05) is 0 Å². The normalized spacial score (nSPS) is 9.61. The Kier molecular flexibility index (Phi) is 5.50. The van der Waals surface area contributed by atoms with Crippen molar-refractivity contribution < 1.29 is 23.8 Å². The van der Waals surface area contributed by atoms with Gasteiger partial charge in [-0.2, -0.15) is 0 Å². The second-order valence-electron chi connectivity index (χ2n) is 3.40. The van der Waals surface area contributed by atoms with Gasteiger partial charge in [0.1, 0.15) is 12.4 Å². The summed E-state index contributed by atoms with van der Waals surface area (Å²) < 4.78 is 14.3. The van der Waals surface area contributed by atoms with Crippen LogP contribution in [0.2, 0.25) is 0 Å². The number of carbonyl (C=O) groups is 2. The molecule has 0 fully saturated rings. The molecule has 0 aliphatic rings. The fourth-order valence-corrected chi connectivity index (χ4v) is 1.10. The molecular weight excluding hydrogens is 238 g/mol. The summed E-state index contributed by atoms with van der Waals surface area (Å²) >= 11 is 0. The molecule has 1 aromatic carbocycles. The predicted molar refractivity (Wildman–Crippen MR) is 63.9 cm³/mol. The lowest BCUT2D eigenvalue weighted by molar-refractivity contribution is -0.149. The molecule has 0 heterocycles. The number of ether oxygens (including phenoxy) is 3. The van der Waals surface area contributed by atoms with E-state index in [1.54, 1.807) is 24.3 Å². The quantitative estimate of drug-likeness (QED) is 0.594. The van der Waals surface area contributed by atoms with Crippen LogP contribution in [0.25, 0.3) is 0 Å². The topological polar surface area (TPSA) is 87.8 Å². The number of anilines is 1. The molecule has 0 atom stereocenters. The zero-order chi connectivity index (χ0) is 13.4. The SMILES string of the molecule is COC(=O)CCOC(=O)COc1ccc(N)cc1. The highest BCUT2D eigenvalue weighted by molar-refractivity contribution is 5.72. The molecule has 6 heteroatoms. The van der Waals surface area contributed by atoms with Gasteiger partial charge in [0.05, 0.1) is 13.5 Å². The van der Waals surface area contributed by atoms with Crippen LogP contribution in [0.1, 0.15) is 6.42 Å². The van der Waals surface area contributed by atoms with Gasteiger partial charge >= 0.3 is 11.9 Å². The molecule has 2 N–H and O–H groups in total. The van der Waals surface area contributed by atoms with Crippen molar-refractivity contribution in [1.29, 1.82) is 0 Å². The van der Waals surface area contributed by atoms with E-state index in [4.69, 9.17) is 15.2 Å². The largest absolute Gasteiger partial charge is 0.482 e. The highest BCUT2D eigenvalue weighted by Crippen LogP contribution is 2.12. The average molecular weight is 253 g/mol. The average Bonchev–Trinajstić information content (AvgIpc) is 2.38. The van der Waals surface area contributed by atoms with Gasteiger partial charge in [0.2, 0.25) is 0 Å². The minimum Gasteiger partial charge on any atom is -0.482 e. The number of nitrogen functional groups attached to an aromatic ring is 1. The lowest BCUT2D eigenvalue weighted by atomic mass is 10.3. The van der Waals surface area contributed by atoms with Crippen molar-refractivity contribution in [3.63, 3.8) is 0 Å². The third kappa shape index (κ3) is 5.20. The lowest BCUT2D eigenvalue weighted by Gasteiger charge is -2.06. The van der Waals surface area contributed by atoms with Crippen LogP contribution in [0.15, 0.2) is 24.3 Å². The Labute approximate surface area is 105 Å². The molecule has 1 rings (SSSR count). The molecule has 98 valence electrons. The van der Waals surface area contributed by atoms with Crippen LogP contribution in [-0.4, -0.2) is 32.3 Å². The Morgan fingerprint density at radius 2 is 1.83 bits per heavy atom. The Balaban J connectivity index is 2.21. The molecule has 0 saturated carbocycles. The van der Waals surface area contributed by atoms with E-state index >= 15 is 0 Å². The van der Waals surface area contributed by atoms with Gasteiger partial charge in [-0.15, -0.1) is 0 Å². The van der Waals surface area contributed by atoms with Gasteiger partial charge < -0.3 is 19.9 Å². The fraction of sp³-hybridized carbons (Fsp3) is 0.333. The summed E-state index contributed by atoms with van der Waals surface area (Å²) in [4.78, 5) is 22.0. The molecule has 0 unspecified atom stereocenters. The summed E-state index contributed by atoms with van der Waals surface area (Å²) in [5, 5.41) is 0. The van der Waals surface area contributed by atoms with E-state index < -0.39 is 11.9 Å². The predicted octanol–water partition coefficient (Wildman–Crippen LogP) is 0.754. The van der Waals surface area contributed by atoms with Crippen molar-refractivity contribution in [1.82, 2.24) is 0 Å². The molecule has 0 saturated heterocycles. The number of hydrogen-bond acceptors (Lipinski definition) is 6. The first-order chi connectivity index (χ1) is 8.61. The number of nitrogens with two attached hydrogens (primary N) is 1. The minimum absolute atomic E-state index is 0.0173. The third-order valence-corrected chi connectivity index (χ3v) is 2.03. The molecule has 0 aliphatic heterocycles. The van der Waals surface area contributed by atoms with Gasteiger partial charge in [0, 0.05) is 5.69 Å². The number of methoxy groups -OCH3 is 1. The summed E-state index contributed by atoms with van der Waals surface area (Å²) in [5.74, 6) is -0.452. The number of carbonyl (C=O) groups excluding carboxylic acids is 2. The second-order valence-corrected chi connectivity index (χ2v) is 3.40. The van der Waals surface area contributed by atoms with Crippen molar-refractivity contribution in [2.75, 3.05) is 26.1 Å². The fourth-order valence-electron chi connectivity index (χ4n) is 1.10. The van der Waals surface area contributed by atoms with E-state index in [9.17, 15) is 9.59 Å². The Morgan fingerprint density at radius 1 is 1.17 bits per heavy atom. The van der Waals surface area contributed by atoms with Gasteiger partial charge in [-0.05, 0) is 24.3 Å². The molecule has 0 radical (unpaired) electrons. The van der Waals surface area contributed by atoms with Crippen molar-refractivity contribution >= 4 is 17.6 Å². The van der Waals surface area contributed by atoms with Crippen molar-refractivity contribution in [2.24, 2.45) is 0 Å². The highest BCUT2D eigenvalue weighted by atomic mass is 16.6. The maximum atomic E-state index is 11.2. The van der Waals surface area contributed by atoms with Crippen LogP contribution in [-0.2, 0) is 19.1 Å². The molecule has 1 aromatic rings. The summed E-state index contributed by atoms with van der Waals surface area (Å²) in [5.41, 5.74) is 6.11. The standard InChI is InChI=1S/C12H15NO5/c1-16-11(14)6-7-17-12(15)8-18-10-4-2-9(13)3-5-10/h2-5H,6-8,13H2,1H3. The first kappa shape index (κ1) is 13.8.